The lowest BCUT2D eigenvalue weighted by atomic mass is 10.0. The van der Waals surface area contributed by atoms with Crippen LogP contribution in [-0.2, 0) is 32.1 Å². The lowest BCUT2D eigenvalue weighted by molar-refractivity contribution is 0.219. The lowest BCUT2D eigenvalue weighted by Gasteiger charge is -2.18. The Morgan fingerprint density at radius 1 is 1.19 bits per heavy atom. The van der Waals surface area contributed by atoms with Crippen LogP contribution in [0.1, 0.15) is 50.3 Å². The van der Waals surface area contributed by atoms with Crippen molar-refractivity contribution in [2.75, 3.05) is 13.2 Å². The van der Waals surface area contributed by atoms with Crippen molar-refractivity contribution in [3.05, 3.63) is 22.6 Å². The number of rotatable bonds is 9. The van der Waals surface area contributed by atoms with Crippen molar-refractivity contribution in [1.82, 2.24) is 0 Å². The molecular weight excluding hydrogens is 311 g/mol. The van der Waals surface area contributed by atoms with Crippen molar-refractivity contribution < 1.29 is 18.0 Å². The van der Waals surface area contributed by atoms with Crippen LogP contribution in [0.2, 0.25) is 0 Å². The molecule has 4 nitrogen and oxygen atoms in total. The summed E-state index contributed by atoms with van der Waals surface area (Å²) in [4.78, 5) is 0. The van der Waals surface area contributed by atoms with Gasteiger partial charge in [0.05, 0.1) is 25.3 Å². The second kappa shape index (κ2) is 8.38. The summed E-state index contributed by atoms with van der Waals surface area (Å²) in [6, 6.07) is 0. The molecule has 0 aliphatic heterocycles. The Labute approximate surface area is 132 Å². The smallest absolute Gasteiger partial charge is 0.335 e. The molecule has 0 N–H and O–H groups in total. The molecule has 6 heteroatoms. The van der Waals surface area contributed by atoms with Gasteiger partial charge in [0.15, 0.2) is 0 Å². The summed E-state index contributed by atoms with van der Waals surface area (Å²) in [5, 5.41) is 0. The molecule has 0 bridgehead atoms. The topological polar surface area (TPSA) is 48.7 Å². The van der Waals surface area contributed by atoms with Gasteiger partial charge in [-0.1, -0.05) is 13.8 Å². The van der Waals surface area contributed by atoms with Crippen molar-refractivity contribution in [2.45, 2.75) is 53.1 Å². The highest BCUT2D eigenvalue weighted by molar-refractivity contribution is 7.53. The summed E-state index contributed by atoms with van der Waals surface area (Å²) < 4.78 is 29.4. The molecule has 0 aliphatic carbocycles. The highest BCUT2D eigenvalue weighted by Gasteiger charge is 2.29. The third-order valence-corrected chi connectivity index (χ3v) is 5.41. The van der Waals surface area contributed by atoms with Crippen LogP contribution >= 0.6 is 19.2 Å². The molecule has 0 amide bonds. The minimum absolute atomic E-state index is 0.218. The number of alkyl halides is 1. The normalized spacial score (nSPS) is 12.3. The number of hydrogen-bond donors (Lipinski definition) is 0. The Kier molecular flexibility index (Phi) is 7.49. The Balaban J connectivity index is 3.16. The van der Waals surface area contributed by atoms with Gasteiger partial charge in [-0.25, -0.2) is 0 Å². The fourth-order valence-corrected chi connectivity index (χ4v) is 4.45. The first-order chi connectivity index (χ1) is 9.86. The van der Waals surface area contributed by atoms with Gasteiger partial charge in [-0.05, 0) is 26.7 Å². The molecule has 1 aromatic rings. The maximum Gasteiger partial charge on any atom is 0.335 e. The second-order valence-electron chi connectivity index (χ2n) is 5.37. The third kappa shape index (κ3) is 5.14. The van der Waals surface area contributed by atoms with Crippen molar-refractivity contribution >= 4 is 19.2 Å². The van der Waals surface area contributed by atoms with Gasteiger partial charge in [0.2, 0.25) is 0 Å². The summed E-state index contributed by atoms with van der Waals surface area (Å²) in [7, 11) is -3.16. The van der Waals surface area contributed by atoms with E-state index in [1.807, 2.05) is 20.8 Å². The van der Waals surface area contributed by atoms with Crippen molar-refractivity contribution in [1.29, 1.82) is 0 Å². The zero-order valence-corrected chi connectivity index (χ0v) is 15.2. The highest BCUT2D eigenvalue weighted by Crippen LogP contribution is 2.53. The van der Waals surface area contributed by atoms with E-state index in [0.717, 1.165) is 29.1 Å². The van der Waals surface area contributed by atoms with Crippen LogP contribution < -0.4 is 0 Å². The van der Waals surface area contributed by atoms with Crippen LogP contribution in [0.5, 0.6) is 0 Å². The van der Waals surface area contributed by atoms with Gasteiger partial charge < -0.3 is 13.5 Å². The number of hydrogen-bond acceptors (Lipinski definition) is 4. The average Bonchev–Trinajstić information content (AvgIpc) is 2.64. The van der Waals surface area contributed by atoms with Crippen LogP contribution in [-0.4, -0.2) is 13.2 Å². The molecule has 0 radical (unpaired) electrons. The van der Waals surface area contributed by atoms with E-state index in [1.54, 1.807) is 0 Å². The predicted molar refractivity (Wildman–Crippen MR) is 86.1 cm³/mol. The summed E-state index contributed by atoms with van der Waals surface area (Å²) in [6.45, 7) is 10.4. The lowest BCUT2D eigenvalue weighted by Crippen LogP contribution is -2.03. The molecule has 0 saturated carbocycles. The van der Waals surface area contributed by atoms with E-state index in [1.165, 1.54) is 0 Å². The van der Waals surface area contributed by atoms with Crippen LogP contribution in [0.15, 0.2) is 4.42 Å². The Hall–Kier alpha value is -0.280. The molecule has 0 saturated heterocycles. The van der Waals surface area contributed by atoms with Crippen LogP contribution in [0.25, 0.3) is 0 Å². The highest BCUT2D eigenvalue weighted by atomic mass is 35.5. The summed E-state index contributed by atoms with van der Waals surface area (Å²) in [5.74, 6) is 2.41. The van der Waals surface area contributed by atoms with Gasteiger partial charge in [-0.15, -0.1) is 11.6 Å². The minimum atomic E-state index is -3.16. The van der Waals surface area contributed by atoms with Gasteiger partial charge in [-0.3, -0.25) is 4.57 Å². The Morgan fingerprint density at radius 2 is 1.76 bits per heavy atom. The molecule has 1 rings (SSSR count). The van der Waals surface area contributed by atoms with E-state index in [4.69, 9.17) is 25.1 Å². The second-order valence-corrected chi connectivity index (χ2v) is 7.70. The first-order valence-corrected chi connectivity index (χ1v) is 9.67. The average molecular weight is 337 g/mol. The first-order valence-electron chi connectivity index (χ1n) is 7.40. The van der Waals surface area contributed by atoms with E-state index >= 15 is 0 Å². The number of aryl methyl sites for hydroxylation is 1. The molecular formula is C15H26ClO4P. The quantitative estimate of drug-likeness (QED) is 0.454. The molecule has 0 fully saturated rings. The van der Waals surface area contributed by atoms with Crippen molar-refractivity contribution in [2.24, 2.45) is 5.92 Å². The van der Waals surface area contributed by atoms with Gasteiger partial charge in [0.25, 0.3) is 0 Å². The van der Waals surface area contributed by atoms with Crippen LogP contribution in [0, 0.1) is 12.8 Å². The fraction of sp³-hybridized carbons (Fsp3) is 0.733. The van der Waals surface area contributed by atoms with Gasteiger partial charge >= 0.3 is 7.60 Å². The fourth-order valence-electron chi connectivity index (χ4n) is 2.30. The molecule has 0 aromatic carbocycles. The third-order valence-electron chi connectivity index (χ3n) is 3.13. The standard InChI is InChI=1S/C15H26ClO4P/c1-6-18-21(17,19-7-2)10-14-13(9-16)12(5)20-15(14)8-11(3)4/h11H,6-10H2,1-5H3. The van der Waals surface area contributed by atoms with E-state index in [2.05, 4.69) is 13.8 Å². The molecule has 21 heavy (non-hydrogen) atoms. The number of furan rings is 1. The maximum atomic E-state index is 12.8. The largest absolute Gasteiger partial charge is 0.466 e. The van der Waals surface area contributed by atoms with E-state index in [-0.39, 0.29) is 6.16 Å². The SMILES string of the molecule is CCOP(=O)(Cc1c(CC(C)C)oc(C)c1CCl)OCC. The Morgan fingerprint density at radius 3 is 2.19 bits per heavy atom. The van der Waals surface area contributed by atoms with E-state index in [9.17, 15) is 4.57 Å². The molecule has 1 aromatic heterocycles. The summed E-state index contributed by atoms with van der Waals surface area (Å²) in [5.41, 5.74) is 1.80. The molecule has 0 unspecified atom stereocenters. The Bertz CT molecular complexity index is 486. The molecule has 0 aliphatic rings. The molecule has 0 spiro atoms. The molecule has 1 heterocycles. The van der Waals surface area contributed by atoms with E-state index < -0.39 is 7.60 Å². The monoisotopic (exact) mass is 336 g/mol. The van der Waals surface area contributed by atoms with Crippen molar-refractivity contribution in [3.63, 3.8) is 0 Å². The molecule has 0 atom stereocenters. The predicted octanol–water partition coefficient (Wildman–Crippen LogP) is 5.29. The number of halogens is 1. The van der Waals surface area contributed by atoms with Gasteiger partial charge in [-0.2, -0.15) is 0 Å². The van der Waals surface area contributed by atoms with Gasteiger partial charge in [0.1, 0.15) is 11.5 Å². The summed E-state index contributed by atoms with van der Waals surface area (Å²) >= 11 is 6.04. The maximum absolute atomic E-state index is 12.8. The van der Waals surface area contributed by atoms with E-state index in [0.29, 0.717) is 25.0 Å². The molecule has 122 valence electrons. The van der Waals surface area contributed by atoms with Gasteiger partial charge in [0, 0.05) is 17.5 Å². The zero-order chi connectivity index (χ0) is 16.0. The minimum Gasteiger partial charge on any atom is -0.466 e. The van der Waals surface area contributed by atoms with Crippen LogP contribution in [0.3, 0.4) is 0 Å². The van der Waals surface area contributed by atoms with Crippen LogP contribution in [0.4, 0.5) is 0 Å². The first kappa shape index (κ1) is 18.8. The van der Waals surface area contributed by atoms with Crippen molar-refractivity contribution in [3.8, 4) is 0 Å². The zero-order valence-electron chi connectivity index (χ0n) is 13.6. The summed E-state index contributed by atoms with van der Waals surface area (Å²) in [6.07, 6.45) is 1.00.